The third-order valence-electron chi connectivity index (χ3n) is 2.11. The lowest BCUT2D eigenvalue weighted by atomic mass is 10.2. The van der Waals surface area contributed by atoms with Crippen LogP contribution in [0.15, 0.2) is 4.52 Å². The van der Waals surface area contributed by atoms with Crippen molar-refractivity contribution in [2.24, 2.45) is 0 Å². The van der Waals surface area contributed by atoms with Gasteiger partial charge in [0, 0.05) is 13.2 Å². The highest BCUT2D eigenvalue weighted by molar-refractivity contribution is 7.90. The van der Waals surface area contributed by atoms with Gasteiger partial charge in [0.15, 0.2) is 0 Å². The number of amides is 1. The van der Waals surface area contributed by atoms with E-state index in [4.69, 9.17) is 5.11 Å². The van der Waals surface area contributed by atoms with Gasteiger partial charge >= 0.3 is 5.97 Å². The standard InChI is InChI=1S/C9H13N3O6S/c1-5-10-7(12-18-5)8(13)11-6(9(14)15)3-4-19(2,16)17/h6H,3-4H2,1-2H3,(H,11,13)(H,14,15). The second-order valence-corrected chi connectivity index (χ2v) is 6.18. The third kappa shape index (κ3) is 5.04. The summed E-state index contributed by atoms with van der Waals surface area (Å²) in [4.78, 5) is 26.1. The van der Waals surface area contributed by atoms with Crippen LogP contribution in [0.5, 0.6) is 0 Å². The van der Waals surface area contributed by atoms with Crippen molar-refractivity contribution in [2.75, 3.05) is 12.0 Å². The van der Waals surface area contributed by atoms with Crippen LogP contribution in [0.25, 0.3) is 0 Å². The monoisotopic (exact) mass is 291 g/mol. The molecule has 1 aromatic rings. The fourth-order valence-corrected chi connectivity index (χ4v) is 1.87. The van der Waals surface area contributed by atoms with E-state index in [1.165, 1.54) is 6.92 Å². The lowest BCUT2D eigenvalue weighted by Gasteiger charge is -2.12. The van der Waals surface area contributed by atoms with E-state index in [1.54, 1.807) is 0 Å². The maximum Gasteiger partial charge on any atom is 0.326 e. The van der Waals surface area contributed by atoms with Crippen molar-refractivity contribution < 1.29 is 27.6 Å². The van der Waals surface area contributed by atoms with Gasteiger partial charge in [-0.2, -0.15) is 4.98 Å². The molecule has 0 spiro atoms. The van der Waals surface area contributed by atoms with Gasteiger partial charge in [-0.25, -0.2) is 13.2 Å². The van der Waals surface area contributed by atoms with Gasteiger partial charge in [-0.05, 0) is 6.42 Å². The number of nitrogens with one attached hydrogen (secondary N) is 1. The lowest BCUT2D eigenvalue weighted by Crippen LogP contribution is -2.42. The zero-order valence-electron chi connectivity index (χ0n) is 10.3. The molecule has 0 aliphatic rings. The zero-order valence-corrected chi connectivity index (χ0v) is 11.1. The first kappa shape index (κ1) is 15.1. The third-order valence-corrected chi connectivity index (χ3v) is 3.09. The number of aromatic nitrogens is 2. The predicted octanol–water partition coefficient (Wildman–Crippen LogP) is -1.00. The first-order valence-corrected chi connectivity index (χ1v) is 7.27. The maximum absolute atomic E-state index is 11.6. The number of carboxylic acid groups (broad SMARTS) is 1. The normalized spacial score (nSPS) is 12.9. The minimum atomic E-state index is -3.31. The van der Waals surface area contributed by atoms with Crippen LogP contribution < -0.4 is 5.32 Å². The van der Waals surface area contributed by atoms with E-state index < -0.39 is 27.8 Å². The fourth-order valence-electron chi connectivity index (χ4n) is 1.20. The number of aryl methyl sites for hydroxylation is 1. The molecule has 1 amide bonds. The molecule has 0 fully saturated rings. The molecule has 19 heavy (non-hydrogen) atoms. The highest BCUT2D eigenvalue weighted by atomic mass is 32.2. The van der Waals surface area contributed by atoms with E-state index in [9.17, 15) is 18.0 Å². The smallest absolute Gasteiger partial charge is 0.326 e. The summed E-state index contributed by atoms with van der Waals surface area (Å²) in [6, 6.07) is -1.33. The van der Waals surface area contributed by atoms with Gasteiger partial charge in [-0.3, -0.25) is 4.79 Å². The Balaban J connectivity index is 2.68. The molecule has 0 aliphatic carbocycles. The van der Waals surface area contributed by atoms with E-state index in [0.29, 0.717) is 0 Å². The minimum absolute atomic E-state index is 0.160. The van der Waals surface area contributed by atoms with Crippen LogP contribution in [0, 0.1) is 6.92 Å². The van der Waals surface area contributed by atoms with Gasteiger partial charge in [-0.15, -0.1) is 0 Å². The van der Waals surface area contributed by atoms with Crippen LogP contribution in [0.2, 0.25) is 0 Å². The lowest BCUT2D eigenvalue weighted by molar-refractivity contribution is -0.139. The predicted molar refractivity (Wildman–Crippen MR) is 62.3 cm³/mol. The molecule has 10 heteroatoms. The van der Waals surface area contributed by atoms with Crippen LogP contribution in [0.3, 0.4) is 0 Å². The average molecular weight is 291 g/mol. The molecular formula is C9H13N3O6S. The molecule has 2 N–H and O–H groups in total. The molecule has 0 bridgehead atoms. The van der Waals surface area contributed by atoms with Crippen molar-refractivity contribution in [1.29, 1.82) is 0 Å². The number of sulfone groups is 1. The van der Waals surface area contributed by atoms with Crippen LogP contribution in [0.1, 0.15) is 22.9 Å². The van der Waals surface area contributed by atoms with Gasteiger partial charge < -0.3 is 14.9 Å². The van der Waals surface area contributed by atoms with Crippen LogP contribution in [0.4, 0.5) is 0 Å². The van der Waals surface area contributed by atoms with Crippen LogP contribution in [-0.2, 0) is 14.6 Å². The Kier molecular flexibility index (Phi) is 4.59. The number of rotatable bonds is 6. The van der Waals surface area contributed by atoms with Crippen molar-refractivity contribution in [1.82, 2.24) is 15.5 Å². The first-order chi connectivity index (χ1) is 8.69. The van der Waals surface area contributed by atoms with E-state index >= 15 is 0 Å². The molecule has 1 aromatic heterocycles. The zero-order chi connectivity index (χ0) is 14.6. The van der Waals surface area contributed by atoms with E-state index in [2.05, 4.69) is 20.0 Å². The molecular weight excluding hydrogens is 278 g/mol. The van der Waals surface area contributed by atoms with Crippen LogP contribution in [-0.4, -0.2) is 53.6 Å². The number of hydrogen-bond acceptors (Lipinski definition) is 7. The average Bonchev–Trinajstić information content (AvgIpc) is 2.69. The van der Waals surface area contributed by atoms with Gasteiger partial charge in [0.25, 0.3) is 11.7 Å². The summed E-state index contributed by atoms with van der Waals surface area (Å²) < 4.78 is 26.5. The highest BCUT2D eigenvalue weighted by Crippen LogP contribution is 2.00. The number of carbonyl (C=O) groups excluding carboxylic acids is 1. The topological polar surface area (TPSA) is 139 Å². The van der Waals surface area contributed by atoms with Crippen molar-refractivity contribution in [2.45, 2.75) is 19.4 Å². The number of carbonyl (C=O) groups is 2. The van der Waals surface area contributed by atoms with Crippen LogP contribution >= 0.6 is 0 Å². The second kappa shape index (κ2) is 5.78. The summed E-state index contributed by atoms with van der Waals surface area (Å²) in [6.45, 7) is 1.47. The van der Waals surface area contributed by atoms with Crippen molar-refractivity contribution in [3.05, 3.63) is 11.7 Å². The second-order valence-electron chi connectivity index (χ2n) is 3.92. The molecule has 9 nitrogen and oxygen atoms in total. The summed E-state index contributed by atoms with van der Waals surface area (Å²) in [6.07, 6.45) is 0.743. The van der Waals surface area contributed by atoms with Gasteiger partial charge in [0.2, 0.25) is 5.89 Å². The first-order valence-electron chi connectivity index (χ1n) is 5.21. The van der Waals surface area contributed by atoms with Crippen molar-refractivity contribution >= 4 is 21.7 Å². The summed E-state index contributed by atoms with van der Waals surface area (Å²) in [5.41, 5.74) is 0. The Morgan fingerprint density at radius 1 is 1.47 bits per heavy atom. The number of nitrogens with zero attached hydrogens (tertiary/aromatic N) is 2. The van der Waals surface area contributed by atoms with Gasteiger partial charge in [-0.1, -0.05) is 5.16 Å². The Morgan fingerprint density at radius 2 is 2.11 bits per heavy atom. The van der Waals surface area contributed by atoms with E-state index in [1.807, 2.05) is 0 Å². The molecule has 1 unspecified atom stereocenters. The molecule has 0 saturated carbocycles. The summed E-state index contributed by atoms with van der Waals surface area (Å²) in [5, 5.41) is 14.4. The summed E-state index contributed by atoms with van der Waals surface area (Å²) >= 11 is 0. The summed E-state index contributed by atoms with van der Waals surface area (Å²) in [7, 11) is -3.31. The number of carboxylic acids is 1. The largest absolute Gasteiger partial charge is 0.480 e. The molecule has 106 valence electrons. The molecule has 0 saturated heterocycles. The Hall–Kier alpha value is -1.97. The molecule has 0 aliphatic heterocycles. The molecule has 1 rings (SSSR count). The Bertz CT molecular complexity index is 579. The number of aliphatic carboxylic acids is 1. The molecule has 0 aromatic carbocycles. The molecule has 1 atom stereocenters. The SMILES string of the molecule is Cc1nc(C(=O)NC(CCS(C)(=O)=O)C(=O)O)no1. The highest BCUT2D eigenvalue weighted by Gasteiger charge is 2.24. The summed E-state index contributed by atoms with van der Waals surface area (Å²) in [5.74, 6) is -2.67. The minimum Gasteiger partial charge on any atom is -0.480 e. The van der Waals surface area contributed by atoms with E-state index in [-0.39, 0.29) is 23.9 Å². The van der Waals surface area contributed by atoms with Gasteiger partial charge in [0.1, 0.15) is 15.9 Å². The van der Waals surface area contributed by atoms with E-state index in [0.717, 1.165) is 6.26 Å². The fraction of sp³-hybridized carbons (Fsp3) is 0.556. The molecule has 1 heterocycles. The van der Waals surface area contributed by atoms with Crippen molar-refractivity contribution in [3.8, 4) is 0 Å². The van der Waals surface area contributed by atoms with Gasteiger partial charge in [0.05, 0.1) is 5.75 Å². The maximum atomic E-state index is 11.6. The van der Waals surface area contributed by atoms with Crippen molar-refractivity contribution in [3.63, 3.8) is 0 Å². The quantitative estimate of drug-likeness (QED) is 0.679. The Labute approximate surface area is 108 Å². The number of hydrogen-bond donors (Lipinski definition) is 2. The Morgan fingerprint density at radius 3 is 2.53 bits per heavy atom. The molecule has 0 radical (unpaired) electrons.